The van der Waals surface area contributed by atoms with Gasteiger partial charge in [0.25, 0.3) is 0 Å². The lowest BCUT2D eigenvalue weighted by Gasteiger charge is -2.32. The predicted octanol–water partition coefficient (Wildman–Crippen LogP) is 2.56. The Bertz CT molecular complexity index is 661. The van der Waals surface area contributed by atoms with Gasteiger partial charge in [-0.05, 0) is 44.5 Å². The number of carbonyl (C=O) groups is 1. The number of nitrogens with one attached hydrogen (secondary N) is 1. The van der Waals surface area contributed by atoms with Crippen LogP contribution in [0.1, 0.15) is 26.2 Å². The van der Waals surface area contributed by atoms with Gasteiger partial charge in [0.1, 0.15) is 0 Å². The van der Waals surface area contributed by atoms with Crippen LogP contribution in [0.15, 0.2) is 23.1 Å². The standard InChI is InChI=1S/C15H21ClN2O3S/c1-11-5-3-4-8-18(11)10-15(19)17-14-9-12(22(2,20)21)6-7-13(14)16/h6-7,9,11H,3-5,8,10H2,1-2H3,(H,17,19). The minimum Gasteiger partial charge on any atom is -0.324 e. The van der Waals surface area contributed by atoms with E-state index < -0.39 is 9.84 Å². The Morgan fingerprint density at radius 2 is 2.14 bits per heavy atom. The van der Waals surface area contributed by atoms with E-state index in [0.29, 0.717) is 23.3 Å². The molecule has 1 heterocycles. The average Bonchev–Trinajstić information content (AvgIpc) is 2.42. The Balaban J connectivity index is 2.08. The number of rotatable bonds is 4. The summed E-state index contributed by atoms with van der Waals surface area (Å²) in [7, 11) is -3.33. The second-order valence-corrected chi connectivity index (χ2v) is 8.20. The number of nitrogens with zero attached hydrogens (tertiary/aromatic N) is 1. The molecule has 7 heteroatoms. The molecule has 1 saturated heterocycles. The largest absolute Gasteiger partial charge is 0.324 e. The van der Waals surface area contributed by atoms with E-state index >= 15 is 0 Å². The molecular weight excluding hydrogens is 324 g/mol. The van der Waals surface area contributed by atoms with Crippen molar-refractivity contribution in [2.75, 3.05) is 24.7 Å². The summed E-state index contributed by atoms with van der Waals surface area (Å²) in [5, 5.41) is 3.04. The molecule has 1 aliphatic rings. The van der Waals surface area contributed by atoms with Crippen molar-refractivity contribution in [1.82, 2.24) is 4.90 Å². The van der Waals surface area contributed by atoms with Crippen LogP contribution in [0.4, 0.5) is 5.69 Å². The van der Waals surface area contributed by atoms with Gasteiger partial charge in [-0.15, -0.1) is 0 Å². The van der Waals surface area contributed by atoms with Crippen molar-refractivity contribution in [2.45, 2.75) is 37.1 Å². The van der Waals surface area contributed by atoms with Crippen LogP contribution in [0.5, 0.6) is 0 Å². The van der Waals surface area contributed by atoms with Crippen molar-refractivity contribution >= 4 is 33.0 Å². The average molecular weight is 345 g/mol. The molecule has 0 radical (unpaired) electrons. The van der Waals surface area contributed by atoms with Crippen molar-refractivity contribution in [1.29, 1.82) is 0 Å². The molecule has 5 nitrogen and oxygen atoms in total. The molecule has 1 aromatic carbocycles. The Kier molecular flexibility index (Phi) is 5.47. The van der Waals surface area contributed by atoms with Crippen LogP contribution >= 0.6 is 11.6 Å². The molecule has 1 fully saturated rings. The van der Waals surface area contributed by atoms with Gasteiger partial charge in [0.2, 0.25) is 5.91 Å². The summed E-state index contributed by atoms with van der Waals surface area (Å²) >= 11 is 6.04. The topological polar surface area (TPSA) is 66.5 Å². The van der Waals surface area contributed by atoms with E-state index in [1.165, 1.54) is 24.6 Å². The lowest BCUT2D eigenvalue weighted by Crippen LogP contribution is -2.42. The highest BCUT2D eigenvalue weighted by Crippen LogP contribution is 2.25. The number of sulfone groups is 1. The van der Waals surface area contributed by atoms with Crippen LogP contribution in [-0.2, 0) is 14.6 Å². The zero-order valence-electron chi connectivity index (χ0n) is 12.8. The van der Waals surface area contributed by atoms with E-state index in [1.807, 2.05) is 0 Å². The van der Waals surface area contributed by atoms with Crippen molar-refractivity contribution in [3.8, 4) is 0 Å². The van der Waals surface area contributed by atoms with E-state index in [9.17, 15) is 13.2 Å². The molecule has 0 saturated carbocycles. The second-order valence-electron chi connectivity index (χ2n) is 5.78. The van der Waals surface area contributed by atoms with Crippen LogP contribution in [0.3, 0.4) is 0 Å². The third kappa shape index (κ3) is 4.44. The van der Waals surface area contributed by atoms with Gasteiger partial charge in [0.05, 0.1) is 22.2 Å². The quantitative estimate of drug-likeness (QED) is 0.911. The normalized spacial score (nSPS) is 19.9. The maximum atomic E-state index is 12.2. The summed E-state index contributed by atoms with van der Waals surface area (Å²) in [6, 6.07) is 4.70. The van der Waals surface area contributed by atoms with Crippen LogP contribution in [0.2, 0.25) is 5.02 Å². The third-order valence-electron chi connectivity index (χ3n) is 3.93. The molecule has 1 N–H and O–H groups in total. The summed E-state index contributed by atoms with van der Waals surface area (Å²) in [4.78, 5) is 14.4. The molecule has 122 valence electrons. The number of anilines is 1. The predicted molar refractivity (Wildman–Crippen MR) is 88.1 cm³/mol. The Labute approximate surface area is 136 Å². The first-order chi connectivity index (χ1) is 10.3. The van der Waals surface area contributed by atoms with Gasteiger partial charge in [-0.3, -0.25) is 9.69 Å². The fraction of sp³-hybridized carbons (Fsp3) is 0.533. The fourth-order valence-electron chi connectivity index (χ4n) is 2.60. The maximum absolute atomic E-state index is 12.2. The SMILES string of the molecule is CC1CCCCN1CC(=O)Nc1cc(S(C)(=O)=O)ccc1Cl. The van der Waals surface area contributed by atoms with Crippen LogP contribution in [0.25, 0.3) is 0 Å². The number of carbonyl (C=O) groups excluding carboxylic acids is 1. The van der Waals surface area contributed by atoms with Gasteiger partial charge in [0.15, 0.2) is 9.84 Å². The number of likely N-dealkylation sites (tertiary alicyclic amines) is 1. The lowest BCUT2D eigenvalue weighted by atomic mass is 10.0. The number of hydrogen-bond donors (Lipinski definition) is 1. The highest BCUT2D eigenvalue weighted by molar-refractivity contribution is 7.90. The number of hydrogen-bond acceptors (Lipinski definition) is 4. The zero-order chi connectivity index (χ0) is 16.3. The maximum Gasteiger partial charge on any atom is 0.238 e. The minimum atomic E-state index is -3.33. The molecule has 0 spiro atoms. The van der Waals surface area contributed by atoms with Crippen LogP contribution < -0.4 is 5.32 Å². The smallest absolute Gasteiger partial charge is 0.238 e. The van der Waals surface area contributed by atoms with E-state index in [1.54, 1.807) is 0 Å². The van der Waals surface area contributed by atoms with E-state index in [4.69, 9.17) is 11.6 Å². The molecule has 1 atom stereocenters. The third-order valence-corrected chi connectivity index (χ3v) is 5.37. The molecule has 1 aliphatic heterocycles. The van der Waals surface area contributed by atoms with Gasteiger partial charge in [-0.25, -0.2) is 8.42 Å². The summed E-state index contributed by atoms with van der Waals surface area (Å²) in [5.74, 6) is -0.179. The van der Waals surface area contributed by atoms with Gasteiger partial charge in [0, 0.05) is 12.3 Å². The fourth-order valence-corrected chi connectivity index (χ4v) is 3.41. The Morgan fingerprint density at radius 1 is 1.41 bits per heavy atom. The Morgan fingerprint density at radius 3 is 2.77 bits per heavy atom. The van der Waals surface area contributed by atoms with Gasteiger partial charge in [-0.1, -0.05) is 18.0 Å². The first-order valence-electron chi connectivity index (χ1n) is 7.31. The number of benzene rings is 1. The molecule has 1 aromatic rings. The molecular formula is C15H21ClN2O3S. The minimum absolute atomic E-state index is 0.138. The molecule has 22 heavy (non-hydrogen) atoms. The highest BCUT2D eigenvalue weighted by Gasteiger charge is 2.21. The molecule has 1 unspecified atom stereocenters. The molecule has 0 bridgehead atoms. The van der Waals surface area contributed by atoms with E-state index in [0.717, 1.165) is 25.6 Å². The lowest BCUT2D eigenvalue weighted by molar-refractivity contribution is -0.118. The first kappa shape index (κ1) is 17.2. The highest BCUT2D eigenvalue weighted by atomic mass is 35.5. The number of amides is 1. The molecule has 1 amide bonds. The second kappa shape index (κ2) is 6.98. The van der Waals surface area contributed by atoms with Crippen LogP contribution in [0, 0.1) is 0 Å². The van der Waals surface area contributed by atoms with Crippen molar-refractivity contribution in [3.05, 3.63) is 23.2 Å². The summed E-state index contributed by atoms with van der Waals surface area (Å²) in [5.41, 5.74) is 0.333. The molecule has 0 aromatic heterocycles. The first-order valence-corrected chi connectivity index (χ1v) is 9.58. The van der Waals surface area contributed by atoms with E-state index in [2.05, 4.69) is 17.1 Å². The van der Waals surface area contributed by atoms with E-state index in [-0.39, 0.29) is 10.8 Å². The summed E-state index contributed by atoms with van der Waals surface area (Å²) < 4.78 is 23.2. The molecule has 2 rings (SSSR count). The Hall–Kier alpha value is -1.11. The van der Waals surface area contributed by atoms with Gasteiger partial charge >= 0.3 is 0 Å². The van der Waals surface area contributed by atoms with Crippen molar-refractivity contribution in [3.63, 3.8) is 0 Å². The number of piperidine rings is 1. The number of halogens is 1. The van der Waals surface area contributed by atoms with Crippen molar-refractivity contribution in [2.24, 2.45) is 0 Å². The van der Waals surface area contributed by atoms with Crippen molar-refractivity contribution < 1.29 is 13.2 Å². The van der Waals surface area contributed by atoms with Crippen LogP contribution in [-0.4, -0.2) is 44.6 Å². The van der Waals surface area contributed by atoms with Gasteiger partial charge in [-0.2, -0.15) is 0 Å². The monoisotopic (exact) mass is 344 g/mol. The molecule has 0 aliphatic carbocycles. The summed E-state index contributed by atoms with van der Waals surface area (Å²) in [6.45, 7) is 3.32. The summed E-state index contributed by atoms with van der Waals surface area (Å²) in [6.07, 6.45) is 4.51. The zero-order valence-corrected chi connectivity index (χ0v) is 14.4. The van der Waals surface area contributed by atoms with Gasteiger partial charge < -0.3 is 5.32 Å².